The summed E-state index contributed by atoms with van der Waals surface area (Å²) in [6, 6.07) is 0. The first-order valence-electron chi connectivity index (χ1n) is 6.31. The maximum atomic E-state index is 11.4. The minimum Gasteiger partial charge on any atom is -0.461 e. The van der Waals surface area contributed by atoms with Crippen LogP contribution in [-0.4, -0.2) is 72.8 Å². The first-order valence-corrected chi connectivity index (χ1v) is 8.45. The zero-order valence-corrected chi connectivity index (χ0v) is 15.2. The summed E-state index contributed by atoms with van der Waals surface area (Å²) in [6.45, 7) is -1.01. The van der Waals surface area contributed by atoms with Gasteiger partial charge in [0.1, 0.15) is 36.7 Å². The molecule has 0 aromatic heterocycles. The van der Waals surface area contributed by atoms with Crippen LogP contribution in [0, 0.1) is 0 Å². The molecule has 2 unspecified atom stereocenters. The first-order chi connectivity index (χ1) is 11.4. The van der Waals surface area contributed by atoms with Crippen LogP contribution in [0.1, 0.15) is 0 Å². The van der Waals surface area contributed by atoms with E-state index in [0.29, 0.717) is 0 Å². The molecule has 138 valence electrons. The van der Waals surface area contributed by atoms with Gasteiger partial charge in [-0.15, -0.1) is 46.4 Å². The maximum Gasteiger partial charge on any atom is 0.321 e. The Balaban J connectivity index is 5.09. The van der Waals surface area contributed by atoms with Gasteiger partial charge in [-0.2, -0.15) is 0 Å². The summed E-state index contributed by atoms with van der Waals surface area (Å²) in [7, 11) is 0. The smallest absolute Gasteiger partial charge is 0.321 e. The molecule has 0 spiro atoms. The normalized spacial score (nSPS) is 12.7. The summed E-state index contributed by atoms with van der Waals surface area (Å²) < 4.78 is 19.4. The molecule has 0 amide bonds. The van der Waals surface area contributed by atoms with Gasteiger partial charge >= 0.3 is 23.9 Å². The molecule has 0 N–H and O–H groups in total. The number of alkyl halides is 4. The molecule has 0 aliphatic rings. The van der Waals surface area contributed by atoms with Crippen molar-refractivity contribution in [3.05, 3.63) is 0 Å². The standard InChI is InChI=1S/C12H14Cl4O8/c13-1-9(17)21-5-7(23-11(19)3-15)8(24-12(20)4-16)6-22-10(18)2-14/h7-8H,1-6H2. The second-order valence-electron chi connectivity index (χ2n) is 3.96. The van der Waals surface area contributed by atoms with Crippen molar-refractivity contribution in [2.75, 3.05) is 36.7 Å². The lowest BCUT2D eigenvalue weighted by Crippen LogP contribution is -2.43. The topological polar surface area (TPSA) is 105 Å². The highest BCUT2D eigenvalue weighted by molar-refractivity contribution is 6.27. The summed E-state index contributed by atoms with van der Waals surface area (Å²) in [6.07, 6.45) is -2.59. The van der Waals surface area contributed by atoms with E-state index in [4.69, 9.17) is 65.4 Å². The molecule has 0 bridgehead atoms. The Morgan fingerprint density at radius 3 is 1.12 bits per heavy atom. The lowest BCUT2D eigenvalue weighted by molar-refractivity contribution is -0.179. The third kappa shape index (κ3) is 10.0. The van der Waals surface area contributed by atoms with E-state index in [9.17, 15) is 19.2 Å². The van der Waals surface area contributed by atoms with E-state index in [1.165, 1.54) is 0 Å². The fourth-order valence-electron chi connectivity index (χ4n) is 1.26. The highest BCUT2D eigenvalue weighted by Crippen LogP contribution is 2.10. The average molecular weight is 428 g/mol. The number of ether oxygens (including phenoxy) is 4. The lowest BCUT2D eigenvalue weighted by atomic mass is 10.2. The molecule has 0 heterocycles. The van der Waals surface area contributed by atoms with Crippen molar-refractivity contribution in [1.29, 1.82) is 0 Å². The van der Waals surface area contributed by atoms with Crippen molar-refractivity contribution in [1.82, 2.24) is 0 Å². The largest absolute Gasteiger partial charge is 0.461 e. The summed E-state index contributed by atoms with van der Waals surface area (Å²) in [5.74, 6) is -5.24. The number of carbonyl (C=O) groups is 4. The van der Waals surface area contributed by atoms with E-state index in [1.807, 2.05) is 0 Å². The number of halogens is 4. The molecule has 24 heavy (non-hydrogen) atoms. The van der Waals surface area contributed by atoms with E-state index in [1.54, 1.807) is 0 Å². The Morgan fingerprint density at radius 2 is 0.875 bits per heavy atom. The van der Waals surface area contributed by atoms with E-state index in [2.05, 4.69) is 0 Å². The zero-order valence-electron chi connectivity index (χ0n) is 12.2. The second kappa shape index (κ2) is 13.3. The highest BCUT2D eigenvalue weighted by Gasteiger charge is 2.31. The highest BCUT2D eigenvalue weighted by atomic mass is 35.5. The fraction of sp³-hybridized carbons (Fsp3) is 0.667. The third-order valence-electron chi connectivity index (χ3n) is 2.23. The summed E-state index contributed by atoms with van der Waals surface area (Å²) in [5.41, 5.74) is 0. The quantitative estimate of drug-likeness (QED) is 0.271. The predicted octanol–water partition coefficient (Wildman–Crippen LogP) is 0.852. The van der Waals surface area contributed by atoms with Gasteiger partial charge in [0.05, 0.1) is 0 Å². The van der Waals surface area contributed by atoms with Crippen LogP contribution in [0.4, 0.5) is 0 Å². The Morgan fingerprint density at radius 1 is 0.583 bits per heavy atom. The molecular weight excluding hydrogens is 414 g/mol. The van der Waals surface area contributed by atoms with Crippen molar-refractivity contribution in [2.45, 2.75) is 12.2 Å². The van der Waals surface area contributed by atoms with Crippen LogP contribution in [0.3, 0.4) is 0 Å². The summed E-state index contributed by atoms with van der Waals surface area (Å²) in [5, 5.41) is 0. The van der Waals surface area contributed by atoms with Crippen molar-refractivity contribution in [2.24, 2.45) is 0 Å². The van der Waals surface area contributed by atoms with Crippen LogP contribution in [0.15, 0.2) is 0 Å². The van der Waals surface area contributed by atoms with E-state index >= 15 is 0 Å². The van der Waals surface area contributed by atoms with Crippen molar-refractivity contribution in [3.8, 4) is 0 Å². The van der Waals surface area contributed by atoms with Crippen molar-refractivity contribution >= 4 is 70.3 Å². The Hall–Kier alpha value is -0.960. The summed E-state index contributed by atoms with van der Waals surface area (Å²) >= 11 is 21.2. The molecule has 0 aromatic carbocycles. The Kier molecular flexibility index (Phi) is 12.8. The molecule has 12 heteroatoms. The number of carbonyl (C=O) groups excluding carboxylic acids is 4. The van der Waals surface area contributed by atoms with Gasteiger partial charge in [0.2, 0.25) is 0 Å². The number of rotatable bonds is 11. The van der Waals surface area contributed by atoms with Crippen LogP contribution in [0.25, 0.3) is 0 Å². The van der Waals surface area contributed by atoms with Gasteiger partial charge < -0.3 is 18.9 Å². The van der Waals surface area contributed by atoms with Gasteiger partial charge in [-0.25, -0.2) is 0 Å². The number of hydrogen-bond donors (Lipinski definition) is 0. The van der Waals surface area contributed by atoms with Gasteiger partial charge in [0.15, 0.2) is 12.2 Å². The molecule has 0 aliphatic carbocycles. The second-order valence-corrected chi connectivity index (χ2v) is 5.03. The number of hydrogen-bond acceptors (Lipinski definition) is 8. The molecule has 0 aliphatic heterocycles. The third-order valence-corrected chi connectivity index (χ3v) is 3.11. The van der Waals surface area contributed by atoms with E-state index in [-0.39, 0.29) is 0 Å². The van der Waals surface area contributed by atoms with Crippen LogP contribution in [0.2, 0.25) is 0 Å². The fourth-order valence-corrected chi connectivity index (χ4v) is 1.54. The predicted molar refractivity (Wildman–Crippen MR) is 84.6 cm³/mol. The molecule has 0 fully saturated rings. The van der Waals surface area contributed by atoms with Gasteiger partial charge in [-0.1, -0.05) is 0 Å². The lowest BCUT2D eigenvalue weighted by Gasteiger charge is -2.26. The maximum absolute atomic E-state index is 11.4. The van der Waals surface area contributed by atoms with Gasteiger partial charge in [-0.3, -0.25) is 19.2 Å². The van der Waals surface area contributed by atoms with Crippen LogP contribution < -0.4 is 0 Å². The minimum atomic E-state index is -1.29. The van der Waals surface area contributed by atoms with Gasteiger partial charge in [0, 0.05) is 0 Å². The average Bonchev–Trinajstić information content (AvgIpc) is 2.60. The Labute approximate surface area is 157 Å². The molecule has 0 saturated carbocycles. The van der Waals surface area contributed by atoms with Gasteiger partial charge in [-0.05, 0) is 0 Å². The molecule has 8 nitrogen and oxygen atoms in total. The molecule has 2 atom stereocenters. The van der Waals surface area contributed by atoms with E-state index < -0.39 is 72.8 Å². The first kappa shape index (κ1) is 23.0. The van der Waals surface area contributed by atoms with Gasteiger partial charge in [0.25, 0.3) is 0 Å². The van der Waals surface area contributed by atoms with Crippen molar-refractivity contribution < 1.29 is 38.1 Å². The SMILES string of the molecule is O=C(CCl)OCC(OC(=O)CCl)C(COC(=O)CCl)OC(=O)CCl. The molecule has 0 rings (SSSR count). The minimum absolute atomic E-state index is 0.441. The number of esters is 4. The zero-order chi connectivity index (χ0) is 18.5. The van der Waals surface area contributed by atoms with Crippen LogP contribution in [0.5, 0.6) is 0 Å². The van der Waals surface area contributed by atoms with Crippen LogP contribution >= 0.6 is 46.4 Å². The monoisotopic (exact) mass is 426 g/mol. The molecule has 0 saturated heterocycles. The summed E-state index contributed by atoms with van der Waals surface area (Å²) in [4.78, 5) is 45.0. The van der Waals surface area contributed by atoms with Crippen LogP contribution in [-0.2, 0) is 38.1 Å². The molecule has 0 aromatic rings. The van der Waals surface area contributed by atoms with Crippen molar-refractivity contribution in [3.63, 3.8) is 0 Å². The molecule has 0 radical (unpaired) electrons. The van der Waals surface area contributed by atoms with E-state index in [0.717, 1.165) is 0 Å². The molecular formula is C12H14Cl4O8. The Bertz CT molecular complexity index is 405.